The standard InChI is InChI=1S/C26H27N3O4/c27-16-17-5-4-6-18(13-17)19-7-9-21(26(32)33)23(14-19)28-25(31)22-15-20(8-10-24(22)30)29-11-2-1-3-12-29/h4-10,13-15,30H,1-3,11-12,16,27H2,(H,28,31)(H,32,33). The van der Waals surface area contributed by atoms with E-state index >= 15 is 0 Å². The first-order valence-electron chi connectivity index (χ1n) is 11.0. The molecule has 0 radical (unpaired) electrons. The largest absolute Gasteiger partial charge is 0.507 e. The summed E-state index contributed by atoms with van der Waals surface area (Å²) in [5, 5.41) is 22.7. The number of anilines is 2. The van der Waals surface area contributed by atoms with Crippen LogP contribution in [0.1, 0.15) is 45.5 Å². The second-order valence-corrected chi connectivity index (χ2v) is 8.17. The van der Waals surface area contributed by atoms with Gasteiger partial charge in [0.1, 0.15) is 5.75 Å². The summed E-state index contributed by atoms with van der Waals surface area (Å²) in [6, 6.07) is 17.4. The minimum absolute atomic E-state index is 0.0336. The number of nitrogens with one attached hydrogen (secondary N) is 1. The number of nitrogens with two attached hydrogens (primary N) is 1. The van der Waals surface area contributed by atoms with Crippen LogP contribution in [0, 0.1) is 0 Å². The Morgan fingerprint density at radius 2 is 1.67 bits per heavy atom. The van der Waals surface area contributed by atoms with Gasteiger partial charge in [0.25, 0.3) is 5.91 Å². The number of benzene rings is 3. The molecule has 0 unspecified atom stereocenters. The van der Waals surface area contributed by atoms with Crippen LogP contribution in [-0.2, 0) is 6.54 Å². The number of nitrogens with zero attached hydrogens (tertiary/aromatic N) is 1. The van der Waals surface area contributed by atoms with E-state index in [1.54, 1.807) is 24.3 Å². The summed E-state index contributed by atoms with van der Waals surface area (Å²) in [6.07, 6.45) is 3.36. The molecule has 0 atom stereocenters. The number of carbonyl (C=O) groups excluding carboxylic acids is 1. The summed E-state index contributed by atoms with van der Waals surface area (Å²) >= 11 is 0. The molecule has 7 nitrogen and oxygen atoms in total. The SMILES string of the molecule is NCc1cccc(-c2ccc(C(=O)O)c(NC(=O)c3cc(N4CCCCC4)ccc3O)c2)c1. The van der Waals surface area contributed by atoms with Crippen LogP contribution in [0.25, 0.3) is 11.1 Å². The molecule has 3 aromatic rings. The van der Waals surface area contributed by atoms with Crippen molar-refractivity contribution >= 4 is 23.3 Å². The summed E-state index contributed by atoms with van der Waals surface area (Å²) in [5.41, 5.74) is 9.38. The van der Waals surface area contributed by atoms with Crippen molar-refractivity contribution < 1.29 is 19.8 Å². The third kappa shape index (κ3) is 4.99. The Kier molecular flexibility index (Phi) is 6.60. The summed E-state index contributed by atoms with van der Waals surface area (Å²) < 4.78 is 0. The van der Waals surface area contributed by atoms with Gasteiger partial charge in [0.15, 0.2) is 0 Å². The third-order valence-corrected chi connectivity index (χ3v) is 5.94. The topological polar surface area (TPSA) is 116 Å². The van der Waals surface area contributed by atoms with Crippen molar-refractivity contribution in [3.63, 3.8) is 0 Å². The lowest BCUT2D eigenvalue weighted by Gasteiger charge is -2.29. The first-order chi connectivity index (χ1) is 16.0. The Bertz CT molecular complexity index is 1190. The van der Waals surface area contributed by atoms with Crippen LogP contribution in [0.15, 0.2) is 60.7 Å². The van der Waals surface area contributed by atoms with Crippen LogP contribution in [0.5, 0.6) is 5.75 Å². The molecule has 1 amide bonds. The van der Waals surface area contributed by atoms with E-state index in [4.69, 9.17) is 5.73 Å². The molecule has 1 saturated heterocycles. The Morgan fingerprint density at radius 3 is 2.39 bits per heavy atom. The number of carbonyl (C=O) groups is 2. The molecule has 3 aromatic carbocycles. The fraction of sp³-hybridized carbons (Fsp3) is 0.231. The summed E-state index contributed by atoms with van der Waals surface area (Å²) in [5.74, 6) is -1.88. The summed E-state index contributed by atoms with van der Waals surface area (Å²) in [6.45, 7) is 2.19. The average molecular weight is 446 g/mol. The highest BCUT2D eigenvalue weighted by atomic mass is 16.4. The number of carboxylic acids is 1. The van der Waals surface area contributed by atoms with Gasteiger partial charge < -0.3 is 26.2 Å². The zero-order chi connectivity index (χ0) is 23.4. The van der Waals surface area contributed by atoms with Crippen molar-refractivity contribution in [1.29, 1.82) is 0 Å². The fourth-order valence-corrected chi connectivity index (χ4v) is 4.14. The van der Waals surface area contributed by atoms with Gasteiger partial charge in [0.2, 0.25) is 0 Å². The van der Waals surface area contributed by atoms with E-state index in [2.05, 4.69) is 10.2 Å². The van der Waals surface area contributed by atoms with Gasteiger partial charge in [0.05, 0.1) is 16.8 Å². The van der Waals surface area contributed by atoms with Crippen molar-refractivity contribution in [1.82, 2.24) is 0 Å². The van der Waals surface area contributed by atoms with Crippen molar-refractivity contribution in [2.24, 2.45) is 5.73 Å². The van der Waals surface area contributed by atoms with Gasteiger partial charge >= 0.3 is 5.97 Å². The number of aromatic carboxylic acids is 1. The zero-order valence-corrected chi connectivity index (χ0v) is 18.3. The molecule has 1 aliphatic rings. The predicted molar refractivity (Wildman–Crippen MR) is 129 cm³/mol. The molecular weight excluding hydrogens is 418 g/mol. The average Bonchev–Trinajstić information content (AvgIpc) is 2.84. The number of carboxylic acid groups (broad SMARTS) is 1. The van der Waals surface area contributed by atoms with Gasteiger partial charge in [-0.25, -0.2) is 4.79 Å². The summed E-state index contributed by atoms with van der Waals surface area (Å²) in [7, 11) is 0. The highest BCUT2D eigenvalue weighted by molar-refractivity contribution is 6.10. The van der Waals surface area contributed by atoms with Crippen LogP contribution in [0.4, 0.5) is 11.4 Å². The smallest absolute Gasteiger partial charge is 0.337 e. The molecule has 0 spiro atoms. The number of hydrogen-bond acceptors (Lipinski definition) is 5. The van der Waals surface area contributed by atoms with E-state index in [1.807, 2.05) is 24.3 Å². The molecule has 7 heteroatoms. The van der Waals surface area contributed by atoms with E-state index in [1.165, 1.54) is 18.6 Å². The molecule has 170 valence electrons. The van der Waals surface area contributed by atoms with Crippen LogP contribution >= 0.6 is 0 Å². The molecule has 5 N–H and O–H groups in total. The zero-order valence-electron chi connectivity index (χ0n) is 18.3. The predicted octanol–water partition coefficient (Wildman–Crippen LogP) is 4.46. The van der Waals surface area contributed by atoms with E-state index in [0.29, 0.717) is 6.54 Å². The molecule has 0 aliphatic carbocycles. The normalized spacial score (nSPS) is 13.5. The molecule has 0 saturated carbocycles. The van der Waals surface area contributed by atoms with Crippen molar-refractivity contribution in [3.8, 4) is 16.9 Å². The lowest BCUT2D eigenvalue weighted by Crippen LogP contribution is -2.29. The maximum absolute atomic E-state index is 13.1. The maximum Gasteiger partial charge on any atom is 0.337 e. The van der Waals surface area contributed by atoms with Gasteiger partial charge in [-0.15, -0.1) is 0 Å². The minimum atomic E-state index is -1.15. The fourth-order valence-electron chi connectivity index (χ4n) is 4.14. The number of phenolic OH excluding ortho intramolecular Hbond substituents is 1. The van der Waals surface area contributed by atoms with E-state index in [9.17, 15) is 19.8 Å². The van der Waals surface area contributed by atoms with Gasteiger partial charge in [-0.05, 0) is 72.4 Å². The third-order valence-electron chi connectivity index (χ3n) is 5.94. The van der Waals surface area contributed by atoms with Crippen LogP contribution < -0.4 is 16.0 Å². The van der Waals surface area contributed by atoms with E-state index in [0.717, 1.165) is 48.3 Å². The number of amides is 1. The molecule has 1 aliphatic heterocycles. The molecule has 1 fully saturated rings. The number of piperidine rings is 1. The number of hydrogen-bond donors (Lipinski definition) is 4. The van der Waals surface area contributed by atoms with Crippen molar-refractivity contribution in [3.05, 3.63) is 77.4 Å². The van der Waals surface area contributed by atoms with Gasteiger partial charge in [-0.2, -0.15) is 0 Å². The molecule has 0 bridgehead atoms. The summed E-state index contributed by atoms with van der Waals surface area (Å²) in [4.78, 5) is 27.1. The highest BCUT2D eigenvalue weighted by Gasteiger charge is 2.19. The van der Waals surface area contributed by atoms with Crippen LogP contribution in [0.2, 0.25) is 0 Å². The van der Waals surface area contributed by atoms with Crippen molar-refractivity contribution in [2.45, 2.75) is 25.8 Å². The Labute approximate surface area is 192 Å². The Morgan fingerprint density at radius 1 is 0.909 bits per heavy atom. The van der Waals surface area contributed by atoms with Gasteiger partial charge in [-0.3, -0.25) is 4.79 Å². The first kappa shape index (κ1) is 22.4. The quantitative estimate of drug-likeness (QED) is 0.445. The lowest BCUT2D eigenvalue weighted by atomic mass is 10.00. The number of phenols is 1. The van der Waals surface area contributed by atoms with Crippen LogP contribution in [0.3, 0.4) is 0 Å². The van der Waals surface area contributed by atoms with Gasteiger partial charge in [0, 0.05) is 25.3 Å². The Balaban J connectivity index is 1.66. The Hall–Kier alpha value is -3.84. The molecule has 1 heterocycles. The van der Waals surface area contributed by atoms with Crippen LogP contribution in [-0.4, -0.2) is 35.2 Å². The monoisotopic (exact) mass is 445 g/mol. The second-order valence-electron chi connectivity index (χ2n) is 8.17. The minimum Gasteiger partial charge on any atom is -0.507 e. The van der Waals surface area contributed by atoms with Gasteiger partial charge in [-0.1, -0.05) is 24.3 Å². The number of aromatic hydroxyl groups is 1. The molecule has 33 heavy (non-hydrogen) atoms. The lowest BCUT2D eigenvalue weighted by molar-refractivity contribution is 0.0698. The van der Waals surface area contributed by atoms with E-state index < -0.39 is 11.9 Å². The first-order valence-corrected chi connectivity index (χ1v) is 11.0. The van der Waals surface area contributed by atoms with Crippen molar-refractivity contribution in [2.75, 3.05) is 23.3 Å². The number of rotatable bonds is 6. The maximum atomic E-state index is 13.1. The molecular formula is C26H27N3O4. The van der Waals surface area contributed by atoms with E-state index in [-0.39, 0.29) is 22.6 Å². The molecule has 4 rings (SSSR count). The second kappa shape index (κ2) is 9.75. The molecule has 0 aromatic heterocycles. The highest BCUT2D eigenvalue weighted by Crippen LogP contribution is 2.30.